The summed E-state index contributed by atoms with van der Waals surface area (Å²) in [7, 11) is 0. The lowest BCUT2D eigenvalue weighted by Crippen LogP contribution is -2.21. The molecule has 2 rings (SSSR count). The van der Waals surface area contributed by atoms with Gasteiger partial charge >= 0.3 is 0 Å². The lowest BCUT2D eigenvalue weighted by molar-refractivity contribution is 0.479. The van der Waals surface area contributed by atoms with E-state index in [1.165, 1.54) is 25.3 Å². The summed E-state index contributed by atoms with van der Waals surface area (Å²) in [6.45, 7) is 3.04. The van der Waals surface area contributed by atoms with Crippen molar-refractivity contribution in [3.8, 4) is 0 Å². The van der Waals surface area contributed by atoms with Gasteiger partial charge in [-0.1, -0.05) is 31.9 Å². The minimum absolute atomic E-state index is 0.133. The molecule has 1 nitrogen and oxygen atoms in total. The molecule has 88 valence electrons. The number of halogens is 1. The Balaban J connectivity index is 1.98. The maximum absolute atomic E-state index is 13.2. The van der Waals surface area contributed by atoms with Crippen LogP contribution in [0.2, 0.25) is 0 Å². The molecule has 0 bridgehead atoms. The van der Waals surface area contributed by atoms with E-state index < -0.39 is 0 Å². The van der Waals surface area contributed by atoms with Crippen LogP contribution in [-0.2, 0) is 0 Å². The van der Waals surface area contributed by atoms with E-state index in [9.17, 15) is 4.39 Å². The van der Waals surface area contributed by atoms with Crippen LogP contribution in [0.1, 0.15) is 44.2 Å². The van der Waals surface area contributed by atoms with Crippen molar-refractivity contribution >= 4 is 0 Å². The number of hydrogen-bond acceptors (Lipinski definition) is 1. The van der Waals surface area contributed by atoms with E-state index in [1.54, 1.807) is 12.1 Å². The molecule has 1 fully saturated rings. The van der Waals surface area contributed by atoms with Crippen LogP contribution in [0.25, 0.3) is 0 Å². The Hall–Kier alpha value is -0.890. The van der Waals surface area contributed by atoms with Crippen molar-refractivity contribution in [3.63, 3.8) is 0 Å². The number of nitrogens with one attached hydrogen (secondary N) is 1. The fraction of sp³-hybridized carbons (Fsp3) is 0.571. The Labute approximate surface area is 97.1 Å². The molecule has 1 aliphatic rings. The van der Waals surface area contributed by atoms with Crippen molar-refractivity contribution in [3.05, 3.63) is 35.6 Å². The summed E-state index contributed by atoms with van der Waals surface area (Å²) < 4.78 is 13.2. The molecule has 1 N–H and O–H groups in total. The van der Waals surface area contributed by atoms with Crippen LogP contribution >= 0.6 is 0 Å². The van der Waals surface area contributed by atoms with E-state index in [0.29, 0.717) is 6.04 Å². The zero-order valence-electron chi connectivity index (χ0n) is 9.88. The van der Waals surface area contributed by atoms with Crippen LogP contribution in [0, 0.1) is 11.7 Å². The SMILES string of the molecule is CCNC(CCC1CC1)c1cccc(F)c1. The predicted octanol–water partition coefficient (Wildman–Crippen LogP) is 3.67. The molecule has 0 saturated heterocycles. The molecule has 1 aromatic carbocycles. The van der Waals surface area contributed by atoms with Gasteiger partial charge in [0.2, 0.25) is 0 Å². The number of hydrogen-bond donors (Lipinski definition) is 1. The molecular formula is C14H20FN. The summed E-state index contributed by atoms with van der Waals surface area (Å²) in [5, 5.41) is 3.44. The quantitative estimate of drug-likeness (QED) is 0.773. The van der Waals surface area contributed by atoms with Gasteiger partial charge < -0.3 is 5.32 Å². The van der Waals surface area contributed by atoms with E-state index >= 15 is 0 Å². The monoisotopic (exact) mass is 221 g/mol. The Kier molecular flexibility index (Phi) is 3.94. The third-order valence-electron chi connectivity index (χ3n) is 3.26. The van der Waals surface area contributed by atoms with Crippen molar-refractivity contribution in [2.75, 3.05) is 6.54 Å². The molecule has 0 heterocycles. The zero-order chi connectivity index (χ0) is 11.4. The lowest BCUT2D eigenvalue weighted by Gasteiger charge is -2.18. The average Bonchev–Trinajstić information content (AvgIpc) is 3.08. The highest BCUT2D eigenvalue weighted by Gasteiger charge is 2.22. The minimum Gasteiger partial charge on any atom is -0.310 e. The first-order chi connectivity index (χ1) is 7.79. The summed E-state index contributed by atoms with van der Waals surface area (Å²) in [5.74, 6) is 0.807. The molecule has 16 heavy (non-hydrogen) atoms. The highest BCUT2D eigenvalue weighted by molar-refractivity contribution is 5.20. The van der Waals surface area contributed by atoms with E-state index in [4.69, 9.17) is 0 Å². The third-order valence-corrected chi connectivity index (χ3v) is 3.26. The summed E-state index contributed by atoms with van der Waals surface area (Å²) in [5.41, 5.74) is 1.09. The van der Waals surface area contributed by atoms with Crippen LogP contribution in [0.15, 0.2) is 24.3 Å². The molecule has 1 atom stereocenters. The standard InChI is InChI=1S/C14H20FN/c1-2-16-14(9-8-11-6-7-11)12-4-3-5-13(15)10-12/h3-5,10-11,14,16H,2,6-9H2,1H3. The van der Waals surface area contributed by atoms with E-state index in [0.717, 1.165) is 24.4 Å². The van der Waals surface area contributed by atoms with Gasteiger partial charge in [0.25, 0.3) is 0 Å². The van der Waals surface area contributed by atoms with Gasteiger partial charge in [-0.05, 0) is 43.0 Å². The highest BCUT2D eigenvalue weighted by atomic mass is 19.1. The van der Waals surface area contributed by atoms with Gasteiger partial charge in [0.05, 0.1) is 0 Å². The van der Waals surface area contributed by atoms with Gasteiger partial charge in [0.15, 0.2) is 0 Å². The zero-order valence-corrected chi connectivity index (χ0v) is 9.88. The van der Waals surface area contributed by atoms with Gasteiger partial charge in [-0.2, -0.15) is 0 Å². The van der Waals surface area contributed by atoms with E-state index in [2.05, 4.69) is 12.2 Å². The average molecular weight is 221 g/mol. The summed E-state index contributed by atoms with van der Waals surface area (Å²) in [6.07, 6.45) is 5.18. The van der Waals surface area contributed by atoms with Crippen molar-refractivity contribution in [2.45, 2.75) is 38.6 Å². The molecule has 1 saturated carbocycles. The largest absolute Gasteiger partial charge is 0.310 e. The molecule has 0 aromatic heterocycles. The molecule has 0 radical (unpaired) electrons. The predicted molar refractivity (Wildman–Crippen MR) is 64.8 cm³/mol. The van der Waals surface area contributed by atoms with Crippen LogP contribution in [0.3, 0.4) is 0 Å². The first kappa shape index (κ1) is 11.6. The molecule has 1 unspecified atom stereocenters. The molecular weight excluding hydrogens is 201 g/mol. The van der Waals surface area contributed by atoms with Crippen molar-refractivity contribution in [1.29, 1.82) is 0 Å². The molecule has 1 aromatic rings. The Morgan fingerprint density at radius 1 is 1.44 bits per heavy atom. The third kappa shape index (κ3) is 3.31. The van der Waals surface area contributed by atoms with Crippen molar-refractivity contribution in [2.24, 2.45) is 5.92 Å². The van der Waals surface area contributed by atoms with Gasteiger partial charge in [0.1, 0.15) is 5.82 Å². The molecule has 0 amide bonds. The second-order valence-corrected chi connectivity index (χ2v) is 4.69. The molecule has 0 spiro atoms. The summed E-state index contributed by atoms with van der Waals surface area (Å²) in [6, 6.07) is 7.30. The molecule has 1 aliphatic carbocycles. The fourth-order valence-electron chi connectivity index (χ4n) is 2.17. The second-order valence-electron chi connectivity index (χ2n) is 4.69. The van der Waals surface area contributed by atoms with Gasteiger partial charge in [0, 0.05) is 6.04 Å². The Morgan fingerprint density at radius 2 is 2.25 bits per heavy atom. The first-order valence-corrected chi connectivity index (χ1v) is 6.28. The Morgan fingerprint density at radius 3 is 2.88 bits per heavy atom. The highest BCUT2D eigenvalue weighted by Crippen LogP contribution is 2.35. The number of benzene rings is 1. The van der Waals surface area contributed by atoms with Gasteiger partial charge in [-0.15, -0.1) is 0 Å². The van der Waals surface area contributed by atoms with Crippen LogP contribution in [0.4, 0.5) is 4.39 Å². The van der Waals surface area contributed by atoms with E-state index in [1.807, 2.05) is 6.07 Å². The Bertz CT molecular complexity index is 333. The van der Waals surface area contributed by atoms with Crippen LogP contribution in [0.5, 0.6) is 0 Å². The first-order valence-electron chi connectivity index (χ1n) is 6.28. The van der Waals surface area contributed by atoms with Gasteiger partial charge in [-0.3, -0.25) is 0 Å². The molecule has 0 aliphatic heterocycles. The fourth-order valence-corrected chi connectivity index (χ4v) is 2.17. The maximum atomic E-state index is 13.2. The maximum Gasteiger partial charge on any atom is 0.123 e. The summed E-state index contributed by atoms with van der Waals surface area (Å²) >= 11 is 0. The van der Waals surface area contributed by atoms with Crippen molar-refractivity contribution < 1.29 is 4.39 Å². The molecule has 2 heteroatoms. The number of rotatable bonds is 6. The topological polar surface area (TPSA) is 12.0 Å². The van der Waals surface area contributed by atoms with Crippen LogP contribution in [-0.4, -0.2) is 6.54 Å². The smallest absolute Gasteiger partial charge is 0.123 e. The lowest BCUT2D eigenvalue weighted by atomic mass is 10.0. The minimum atomic E-state index is -0.133. The normalized spacial score (nSPS) is 17.4. The second kappa shape index (κ2) is 5.44. The van der Waals surface area contributed by atoms with Crippen molar-refractivity contribution in [1.82, 2.24) is 5.32 Å². The van der Waals surface area contributed by atoms with Gasteiger partial charge in [-0.25, -0.2) is 4.39 Å². The van der Waals surface area contributed by atoms with Crippen LogP contribution < -0.4 is 5.32 Å². The van der Waals surface area contributed by atoms with E-state index in [-0.39, 0.29) is 5.82 Å². The summed E-state index contributed by atoms with van der Waals surface area (Å²) in [4.78, 5) is 0.